The highest BCUT2D eigenvalue weighted by molar-refractivity contribution is 8.93. The molecular weight excluding hydrogens is 260 g/mol. The minimum Gasteiger partial charge on any atom is -0.359 e. The van der Waals surface area contributed by atoms with E-state index in [0.29, 0.717) is 5.92 Å². The quantitative estimate of drug-likeness (QED) is 0.905. The Kier molecular flexibility index (Phi) is 4.38. The van der Waals surface area contributed by atoms with Gasteiger partial charge in [-0.1, -0.05) is 13.8 Å². The van der Waals surface area contributed by atoms with E-state index in [1.54, 1.807) is 11.3 Å². The highest BCUT2D eigenvalue weighted by Crippen LogP contribution is 2.29. The van der Waals surface area contributed by atoms with Gasteiger partial charge >= 0.3 is 0 Å². The number of anilines is 1. The van der Waals surface area contributed by atoms with Crippen LogP contribution in [0.2, 0.25) is 0 Å². The van der Waals surface area contributed by atoms with Crippen LogP contribution in [0.4, 0.5) is 5.13 Å². The smallest absolute Gasteiger partial charge is 0.183 e. The lowest BCUT2D eigenvalue weighted by atomic mass is 10.1. The van der Waals surface area contributed by atoms with Gasteiger partial charge in [-0.15, -0.1) is 28.3 Å². The number of rotatable bonds is 4. The maximum absolute atomic E-state index is 4.57. The standard InChI is InChI=1S/C10H16N2S.BrH/c1-3-7(2)9-6-13-10(12-9)11-8-4-5-8;/h6-8H,3-5H2,1-2H3,(H,11,12);1H. The molecule has 14 heavy (non-hydrogen) atoms. The number of nitrogens with one attached hydrogen (secondary N) is 1. The minimum absolute atomic E-state index is 0. The molecule has 0 amide bonds. The Morgan fingerprint density at radius 3 is 2.93 bits per heavy atom. The van der Waals surface area contributed by atoms with Crippen LogP contribution in [0.1, 0.15) is 44.7 Å². The third-order valence-corrected chi connectivity index (χ3v) is 3.34. The Morgan fingerprint density at radius 2 is 2.36 bits per heavy atom. The van der Waals surface area contributed by atoms with Gasteiger partial charge in [0.1, 0.15) is 0 Å². The zero-order chi connectivity index (χ0) is 9.26. The monoisotopic (exact) mass is 276 g/mol. The topological polar surface area (TPSA) is 24.9 Å². The predicted molar refractivity (Wildman–Crippen MR) is 67.8 cm³/mol. The molecule has 0 aromatic carbocycles. The van der Waals surface area contributed by atoms with Gasteiger partial charge in [-0.3, -0.25) is 0 Å². The van der Waals surface area contributed by atoms with Crippen LogP contribution >= 0.6 is 28.3 Å². The highest BCUT2D eigenvalue weighted by atomic mass is 79.9. The van der Waals surface area contributed by atoms with Crippen molar-refractivity contribution in [3.8, 4) is 0 Å². The van der Waals surface area contributed by atoms with Gasteiger partial charge in [-0.25, -0.2) is 4.98 Å². The first-order chi connectivity index (χ1) is 6.29. The second-order valence-electron chi connectivity index (χ2n) is 3.81. The summed E-state index contributed by atoms with van der Waals surface area (Å²) < 4.78 is 0. The van der Waals surface area contributed by atoms with Crippen LogP contribution in [0.3, 0.4) is 0 Å². The van der Waals surface area contributed by atoms with Crippen LogP contribution in [0.25, 0.3) is 0 Å². The van der Waals surface area contributed by atoms with E-state index in [9.17, 15) is 0 Å². The molecule has 0 bridgehead atoms. The van der Waals surface area contributed by atoms with E-state index in [-0.39, 0.29) is 17.0 Å². The summed E-state index contributed by atoms with van der Waals surface area (Å²) in [6, 6.07) is 0.718. The Labute approximate surface area is 99.9 Å². The first-order valence-corrected chi connectivity index (χ1v) is 5.89. The number of hydrogen-bond acceptors (Lipinski definition) is 3. The molecule has 4 heteroatoms. The molecule has 0 saturated heterocycles. The Balaban J connectivity index is 0.000000980. The summed E-state index contributed by atoms with van der Waals surface area (Å²) in [5.41, 5.74) is 1.25. The molecule has 2 rings (SSSR count). The Bertz CT molecular complexity index is 283. The van der Waals surface area contributed by atoms with Gasteiger partial charge in [0.2, 0.25) is 0 Å². The Morgan fingerprint density at radius 1 is 1.64 bits per heavy atom. The average molecular weight is 277 g/mol. The van der Waals surface area contributed by atoms with Crippen LogP contribution in [-0.4, -0.2) is 11.0 Å². The fourth-order valence-electron chi connectivity index (χ4n) is 1.19. The molecule has 1 fully saturated rings. The summed E-state index contributed by atoms with van der Waals surface area (Å²) in [5, 5.41) is 6.71. The van der Waals surface area contributed by atoms with E-state index in [1.807, 2.05) is 0 Å². The number of hydrogen-bond donors (Lipinski definition) is 1. The highest BCUT2D eigenvalue weighted by Gasteiger charge is 2.22. The lowest BCUT2D eigenvalue weighted by molar-refractivity contribution is 0.714. The molecule has 1 aliphatic rings. The van der Waals surface area contributed by atoms with E-state index in [1.165, 1.54) is 25.0 Å². The molecule has 1 unspecified atom stereocenters. The summed E-state index contributed by atoms with van der Waals surface area (Å²) >= 11 is 1.74. The van der Waals surface area contributed by atoms with Crippen molar-refractivity contribution in [2.24, 2.45) is 0 Å². The van der Waals surface area contributed by atoms with Crippen molar-refractivity contribution >= 4 is 33.4 Å². The fraction of sp³-hybridized carbons (Fsp3) is 0.700. The summed E-state index contributed by atoms with van der Waals surface area (Å²) in [5.74, 6) is 0.603. The molecular formula is C10H17BrN2S. The molecule has 1 atom stereocenters. The van der Waals surface area contributed by atoms with Crippen molar-refractivity contribution in [3.63, 3.8) is 0 Å². The second kappa shape index (κ2) is 5.12. The van der Waals surface area contributed by atoms with Crippen molar-refractivity contribution in [2.45, 2.75) is 45.1 Å². The minimum atomic E-state index is 0. The van der Waals surface area contributed by atoms with Crippen LogP contribution < -0.4 is 5.32 Å². The van der Waals surface area contributed by atoms with Gasteiger partial charge in [-0.05, 0) is 25.2 Å². The average Bonchev–Trinajstić information content (AvgIpc) is 2.81. The molecule has 1 aromatic heterocycles. The molecule has 1 aromatic rings. The predicted octanol–water partition coefficient (Wildman–Crippen LogP) is 3.81. The van der Waals surface area contributed by atoms with Crippen molar-refractivity contribution < 1.29 is 0 Å². The largest absolute Gasteiger partial charge is 0.359 e. The molecule has 1 saturated carbocycles. The normalized spacial score (nSPS) is 17.3. The zero-order valence-electron chi connectivity index (χ0n) is 8.62. The van der Waals surface area contributed by atoms with E-state index in [4.69, 9.17) is 0 Å². The van der Waals surface area contributed by atoms with Gasteiger partial charge in [0.25, 0.3) is 0 Å². The molecule has 2 nitrogen and oxygen atoms in total. The molecule has 1 heterocycles. The van der Waals surface area contributed by atoms with E-state index < -0.39 is 0 Å². The van der Waals surface area contributed by atoms with Crippen LogP contribution in [0.5, 0.6) is 0 Å². The lowest BCUT2D eigenvalue weighted by Crippen LogP contribution is -2.00. The molecule has 0 aliphatic heterocycles. The number of thiazole rings is 1. The number of nitrogens with zero attached hydrogens (tertiary/aromatic N) is 1. The summed E-state index contributed by atoms with van der Waals surface area (Å²) in [4.78, 5) is 4.57. The van der Waals surface area contributed by atoms with Gasteiger partial charge < -0.3 is 5.32 Å². The van der Waals surface area contributed by atoms with Crippen LogP contribution in [0.15, 0.2) is 5.38 Å². The lowest BCUT2D eigenvalue weighted by Gasteiger charge is -2.02. The molecule has 0 spiro atoms. The van der Waals surface area contributed by atoms with Crippen molar-refractivity contribution in [3.05, 3.63) is 11.1 Å². The van der Waals surface area contributed by atoms with Crippen molar-refractivity contribution in [1.29, 1.82) is 0 Å². The second-order valence-corrected chi connectivity index (χ2v) is 4.66. The first-order valence-electron chi connectivity index (χ1n) is 5.01. The van der Waals surface area contributed by atoms with Crippen LogP contribution in [-0.2, 0) is 0 Å². The molecule has 80 valence electrons. The fourth-order valence-corrected chi connectivity index (χ4v) is 2.10. The SMILES string of the molecule is Br.CCC(C)c1csc(NC2CC2)n1. The maximum Gasteiger partial charge on any atom is 0.183 e. The van der Waals surface area contributed by atoms with Crippen molar-refractivity contribution in [1.82, 2.24) is 4.98 Å². The van der Waals surface area contributed by atoms with Crippen LogP contribution in [0, 0.1) is 0 Å². The van der Waals surface area contributed by atoms with Gasteiger partial charge in [-0.2, -0.15) is 0 Å². The summed E-state index contributed by atoms with van der Waals surface area (Å²) in [7, 11) is 0. The van der Waals surface area contributed by atoms with E-state index in [0.717, 1.165) is 11.2 Å². The van der Waals surface area contributed by atoms with E-state index in [2.05, 4.69) is 29.5 Å². The zero-order valence-corrected chi connectivity index (χ0v) is 11.1. The van der Waals surface area contributed by atoms with Gasteiger partial charge in [0.15, 0.2) is 5.13 Å². The number of halogens is 1. The third kappa shape index (κ3) is 2.95. The summed E-state index contributed by atoms with van der Waals surface area (Å²) in [6.07, 6.45) is 3.81. The molecule has 1 aliphatic carbocycles. The molecule has 0 radical (unpaired) electrons. The number of aromatic nitrogens is 1. The van der Waals surface area contributed by atoms with Crippen molar-refractivity contribution in [2.75, 3.05) is 5.32 Å². The Hall–Kier alpha value is -0.0900. The van der Waals surface area contributed by atoms with Gasteiger partial charge in [0.05, 0.1) is 5.69 Å². The molecule has 1 N–H and O–H groups in total. The van der Waals surface area contributed by atoms with Gasteiger partial charge in [0, 0.05) is 11.4 Å². The maximum atomic E-state index is 4.57. The summed E-state index contributed by atoms with van der Waals surface area (Å²) in [6.45, 7) is 4.44. The third-order valence-electron chi connectivity index (χ3n) is 2.54. The van der Waals surface area contributed by atoms with E-state index >= 15 is 0 Å². The first kappa shape index (κ1) is 12.0.